The van der Waals surface area contributed by atoms with E-state index in [1.54, 1.807) is 0 Å². The van der Waals surface area contributed by atoms with Crippen LogP contribution in [-0.4, -0.2) is 9.00 Å². The molecular formula is CH4OS3. The van der Waals surface area contributed by atoms with Crippen LogP contribution < -0.4 is 0 Å². The van der Waals surface area contributed by atoms with E-state index in [-0.39, 0.29) is 5.48 Å². The largest absolute Gasteiger partial charge is 0.412 e. The van der Waals surface area contributed by atoms with Crippen LogP contribution in [0.2, 0.25) is 0 Å². The molecule has 0 aliphatic heterocycles. The molecule has 0 saturated carbocycles. The van der Waals surface area contributed by atoms with Crippen molar-refractivity contribution < 1.29 is 5.48 Å². The summed E-state index contributed by atoms with van der Waals surface area (Å²) in [4.78, 5) is 0. The van der Waals surface area contributed by atoms with Crippen LogP contribution in [0, 0.1) is 0 Å². The topological polar surface area (TPSA) is 31.5 Å². The zero-order chi connectivity index (χ0) is 3.58. The molecule has 4 heteroatoms. The molecule has 0 fully saturated rings. The van der Waals surface area contributed by atoms with Crippen LogP contribution in [0.5, 0.6) is 0 Å². The van der Waals surface area contributed by atoms with Gasteiger partial charge >= 0.3 is 0 Å². The van der Waals surface area contributed by atoms with E-state index in [1.165, 1.54) is 0 Å². The fourth-order valence-corrected chi connectivity index (χ4v) is 0. The van der Waals surface area contributed by atoms with Crippen LogP contribution in [0.3, 0.4) is 0 Å². The van der Waals surface area contributed by atoms with Crippen molar-refractivity contribution in [3.8, 4) is 0 Å². The molecule has 0 heterocycles. The molecule has 1 nitrogen and oxygen atoms in total. The van der Waals surface area contributed by atoms with E-state index in [0.29, 0.717) is 3.53 Å². The second-order valence-corrected chi connectivity index (χ2v) is 2.54. The number of hydrogen-bond donors (Lipinski definition) is 2. The minimum absolute atomic E-state index is 0. The Kier molecular flexibility index (Phi) is 8.76. The smallest absolute Gasteiger partial charge is 0.0976 e. The van der Waals surface area contributed by atoms with Gasteiger partial charge in [0.05, 0.1) is 3.53 Å². The number of thiocarbonyl (C=S) groups is 1. The first-order valence-electron chi connectivity index (χ1n) is 0.651. The summed E-state index contributed by atoms with van der Waals surface area (Å²) < 4.78 is 0.389. The molecule has 2 N–H and O–H groups in total. The summed E-state index contributed by atoms with van der Waals surface area (Å²) in [5.74, 6) is 0. The number of hydrogen-bond acceptors (Lipinski definition) is 1. The molecule has 0 saturated heterocycles. The van der Waals surface area contributed by atoms with Gasteiger partial charge in [-0.3, -0.25) is 0 Å². The summed E-state index contributed by atoms with van der Waals surface area (Å²) in [6, 6.07) is 0. The van der Waals surface area contributed by atoms with E-state index in [1.807, 2.05) is 0 Å². The Morgan fingerprint density at radius 2 is 1.40 bits per heavy atom. The molecule has 0 radical (unpaired) electrons. The second-order valence-electron chi connectivity index (χ2n) is 0.283. The maximum Gasteiger partial charge on any atom is 0.0976 e. The van der Waals surface area contributed by atoms with E-state index in [9.17, 15) is 0 Å². The monoisotopic (exact) mass is 128 g/mol. The lowest BCUT2D eigenvalue weighted by Crippen LogP contribution is -1.46. The first-order chi connectivity index (χ1) is 1.73. The third-order valence-electron chi connectivity index (χ3n) is 0. The Hall–Kier alpha value is 0.750. The van der Waals surface area contributed by atoms with Crippen molar-refractivity contribution in [3.05, 3.63) is 0 Å². The van der Waals surface area contributed by atoms with Crippen molar-refractivity contribution >= 4 is 41.0 Å². The molecule has 0 aromatic rings. The Labute approximate surface area is 46.9 Å². The molecule has 0 rings (SSSR count). The van der Waals surface area contributed by atoms with Crippen LogP contribution in [-0.2, 0) is 0 Å². The molecule has 0 aliphatic carbocycles. The van der Waals surface area contributed by atoms with Gasteiger partial charge in [-0.15, -0.1) is 25.3 Å². The van der Waals surface area contributed by atoms with Crippen LogP contribution >= 0.6 is 37.5 Å². The lowest BCUT2D eigenvalue weighted by Gasteiger charge is -1.59. The summed E-state index contributed by atoms with van der Waals surface area (Å²) >= 11 is 11.4. The highest BCUT2D eigenvalue weighted by atomic mass is 32.2. The van der Waals surface area contributed by atoms with Gasteiger partial charge in [0, 0.05) is 0 Å². The van der Waals surface area contributed by atoms with Crippen molar-refractivity contribution in [1.29, 1.82) is 0 Å². The van der Waals surface area contributed by atoms with Gasteiger partial charge in [-0.1, -0.05) is 12.2 Å². The normalized spacial score (nSPS) is 5.20. The molecule has 0 aromatic heterocycles. The average molecular weight is 128 g/mol. The lowest BCUT2D eigenvalue weighted by molar-refractivity contribution is 0.824. The van der Waals surface area contributed by atoms with Gasteiger partial charge < -0.3 is 5.48 Å². The van der Waals surface area contributed by atoms with Crippen molar-refractivity contribution in [1.82, 2.24) is 0 Å². The Bertz CT molecular complexity index is 29.9. The third-order valence-corrected chi connectivity index (χ3v) is 0. The van der Waals surface area contributed by atoms with Crippen LogP contribution in [0.25, 0.3) is 0 Å². The first-order valence-corrected chi connectivity index (χ1v) is 1.95. The predicted molar refractivity (Wildman–Crippen MR) is 34.2 cm³/mol. The molecule has 32 valence electrons. The van der Waals surface area contributed by atoms with Gasteiger partial charge in [0.15, 0.2) is 0 Å². The van der Waals surface area contributed by atoms with E-state index < -0.39 is 0 Å². The molecule has 0 amide bonds. The third kappa shape index (κ3) is 63.9. The Morgan fingerprint density at radius 1 is 1.40 bits per heavy atom. The van der Waals surface area contributed by atoms with Crippen LogP contribution in [0.1, 0.15) is 0 Å². The van der Waals surface area contributed by atoms with Crippen molar-refractivity contribution in [2.24, 2.45) is 0 Å². The standard InChI is InChI=1S/CH2S3.H2O/c2-1(3)4;/h(H2,2,3,4);1H2. The zero-order valence-corrected chi connectivity index (χ0v) is 4.91. The number of thiol groups is 2. The molecule has 0 atom stereocenters. The van der Waals surface area contributed by atoms with Crippen molar-refractivity contribution in [2.75, 3.05) is 0 Å². The number of rotatable bonds is 0. The minimum atomic E-state index is 0. The molecule has 0 bridgehead atoms. The molecule has 0 spiro atoms. The molecule has 0 aliphatic rings. The van der Waals surface area contributed by atoms with Gasteiger partial charge in [0.1, 0.15) is 0 Å². The van der Waals surface area contributed by atoms with E-state index in [2.05, 4.69) is 37.5 Å². The quantitative estimate of drug-likeness (QED) is 0.357. The van der Waals surface area contributed by atoms with E-state index in [0.717, 1.165) is 0 Å². The fraction of sp³-hybridized carbons (Fsp3) is 0. The molecule has 0 unspecified atom stereocenters. The highest BCUT2D eigenvalue weighted by Gasteiger charge is 1.58. The predicted octanol–water partition coefficient (Wildman–Crippen LogP) is 0.306. The van der Waals surface area contributed by atoms with Gasteiger partial charge in [0.2, 0.25) is 0 Å². The highest BCUT2D eigenvalue weighted by Crippen LogP contribution is 1.83. The first kappa shape index (κ1) is 9.23. The summed E-state index contributed by atoms with van der Waals surface area (Å²) in [7, 11) is 0. The maximum atomic E-state index is 4.27. The van der Waals surface area contributed by atoms with Crippen molar-refractivity contribution in [3.63, 3.8) is 0 Å². The molecule has 0 aromatic carbocycles. The minimum Gasteiger partial charge on any atom is -0.412 e. The molecule has 5 heavy (non-hydrogen) atoms. The Balaban J connectivity index is 0. The second kappa shape index (κ2) is 4.75. The van der Waals surface area contributed by atoms with E-state index >= 15 is 0 Å². The summed E-state index contributed by atoms with van der Waals surface area (Å²) in [5, 5.41) is 0. The SMILES string of the molecule is O.S=C(S)S. The zero-order valence-electron chi connectivity index (χ0n) is 2.30. The average Bonchev–Trinajstić information content (AvgIpc) is 0.811. The van der Waals surface area contributed by atoms with E-state index in [4.69, 9.17) is 0 Å². The van der Waals surface area contributed by atoms with Crippen LogP contribution in [0.4, 0.5) is 0 Å². The maximum absolute atomic E-state index is 4.27. The highest BCUT2D eigenvalue weighted by molar-refractivity contribution is 8.34. The summed E-state index contributed by atoms with van der Waals surface area (Å²) in [5.41, 5.74) is 0. The van der Waals surface area contributed by atoms with Gasteiger partial charge in [-0.2, -0.15) is 0 Å². The lowest BCUT2D eigenvalue weighted by atomic mass is 11.9. The van der Waals surface area contributed by atoms with Crippen LogP contribution in [0.15, 0.2) is 0 Å². The van der Waals surface area contributed by atoms with Gasteiger partial charge in [-0.05, 0) is 0 Å². The Morgan fingerprint density at radius 3 is 1.40 bits per heavy atom. The summed E-state index contributed by atoms with van der Waals surface area (Å²) in [6.45, 7) is 0. The van der Waals surface area contributed by atoms with Gasteiger partial charge in [-0.25, -0.2) is 0 Å². The molecular weight excluding hydrogens is 124 g/mol. The fourth-order valence-electron chi connectivity index (χ4n) is 0. The van der Waals surface area contributed by atoms with Gasteiger partial charge in [0.25, 0.3) is 0 Å². The van der Waals surface area contributed by atoms with Crippen molar-refractivity contribution in [2.45, 2.75) is 0 Å². The summed E-state index contributed by atoms with van der Waals surface area (Å²) in [6.07, 6.45) is 0.